The zero-order valence-corrected chi connectivity index (χ0v) is 22.1. The molecule has 2 atom stereocenters. The fraction of sp³-hybridized carbons (Fsp3) is 0.682. The number of esters is 2. The van der Waals surface area contributed by atoms with Gasteiger partial charge in [0.1, 0.15) is 22.6 Å². The Morgan fingerprint density at radius 1 is 1.16 bits per heavy atom. The second-order valence-corrected chi connectivity index (χ2v) is 12.5. The second-order valence-electron chi connectivity index (χ2n) is 8.27. The molecule has 10 heteroatoms. The van der Waals surface area contributed by atoms with E-state index >= 15 is 0 Å². The van der Waals surface area contributed by atoms with Crippen LogP contribution in [0.15, 0.2) is 29.4 Å². The number of hydrogen-bond acceptors (Lipinski definition) is 9. The number of hydrogen-bond donors (Lipinski definition) is 0. The molecule has 1 saturated heterocycles. The molecule has 1 aromatic rings. The summed E-state index contributed by atoms with van der Waals surface area (Å²) in [6.45, 7) is 6.64. The number of alkyl halides is 1. The third kappa shape index (κ3) is 9.99. The van der Waals surface area contributed by atoms with Gasteiger partial charge in [0.15, 0.2) is 6.29 Å². The van der Waals surface area contributed by atoms with Gasteiger partial charge in [-0.3, -0.25) is 9.59 Å². The molecule has 1 aromatic heterocycles. The van der Waals surface area contributed by atoms with Crippen molar-refractivity contribution in [3.05, 3.63) is 24.4 Å². The minimum absolute atomic E-state index is 0.135. The van der Waals surface area contributed by atoms with Crippen molar-refractivity contribution in [1.29, 1.82) is 0 Å². The Labute approximate surface area is 206 Å². The van der Waals surface area contributed by atoms with Gasteiger partial charge in [-0.15, -0.1) is 0 Å². The lowest BCUT2D eigenvalue weighted by Crippen LogP contribution is -2.40. The van der Waals surface area contributed by atoms with Crippen molar-refractivity contribution in [2.45, 2.75) is 62.1 Å². The first-order chi connectivity index (χ1) is 15.2. The number of pyridine rings is 1. The summed E-state index contributed by atoms with van der Waals surface area (Å²) in [5.74, 6) is -0.146. The van der Waals surface area contributed by atoms with Gasteiger partial charge in [-0.25, -0.2) is 4.98 Å². The van der Waals surface area contributed by atoms with E-state index in [-0.39, 0.29) is 38.5 Å². The van der Waals surface area contributed by atoms with Gasteiger partial charge in [0.25, 0.3) is 0 Å². The molecule has 0 amide bonds. The van der Waals surface area contributed by atoms with Gasteiger partial charge < -0.3 is 18.9 Å². The van der Waals surface area contributed by atoms with Crippen LogP contribution in [-0.4, -0.2) is 59.7 Å². The highest BCUT2D eigenvalue weighted by Crippen LogP contribution is 2.36. The maximum absolute atomic E-state index is 12.6. The molecule has 1 aliphatic rings. The van der Waals surface area contributed by atoms with Crippen molar-refractivity contribution in [1.82, 2.24) is 4.98 Å². The second kappa shape index (κ2) is 13.8. The highest BCUT2D eigenvalue weighted by molar-refractivity contribution is 9.10. The SMILES string of the molecule is CC(C)(CC(C)(Br)C(=O)OCCOC1CCCCO1)C(=O)OCCSSc1ccccn1. The highest BCUT2D eigenvalue weighted by atomic mass is 79.9. The number of carbonyl (C=O) groups excluding carboxylic acids is 2. The van der Waals surface area contributed by atoms with Gasteiger partial charge in [-0.1, -0.05) is 32.8 Å². The Bertz CT molecular complexity index is 714. The topological polar surface area (TPSA) is 84.0 Å². The molecule has 180 valence electrons. The first-order valence-electron chi connectivity index (χ1n) is 10.7. The lowest BCUT2D eigenvalue weighted by Gasteiger charge is -2.30. The molecule has 32 heavy (non-hydrogen) atoms. The van der Waals surface area contributed by atoms with E-state index in [1.165, 1.54) is 10.8 Å². The first kappa shape index (κ1) is 27.4. The predicted molar refractivity (Wildman–Crippen MR) is 130 cm³/mol. The monoisotopic (exact) mass is 549 g/mol. The van der Waals surface area contributed by atoms with Gasteiger partial charge in [-0.05, 0) is 69.4 Å². The molecule has 0 N–H and O–H groups in total. The largest absolute Gasteiger partial charge is 0.464 e. The molecule has 1 fully saturated rings. The van der Waals surface area contributed by atoms with E-state index in [4.69, 9.17) is 18.9 Å². The zero-order valence-electron chi connectivity index (χ0n) is 18.8. The Kier molecular flexibility index (Phi) is 11.8. The van der Waals surface area contributed by atoms with Crippen molar-refractivity contribution in [3.8, 4) is 0 Å². The summed E-state index contributed by atoms with van der Waals surface area (Å²) in [6, 6.07) is 5.73. The number of halogens is 1. The Hall–Kier alpha value is -0.810. The summed E-state index contributed by atoms with van der Waals surface area (Å²) in [4.78, 5) is 29.3. The third-order valence-electron chi connectivity index (χ3n) is 4.69. The molecular weight excluding hydrogens is 518 g/mol. The van der Waals surface area contributed by atoms with Crippen LogP contribution in [0.1, 0.15) is 46.5 Å². The Morgan fingerprint density at radius 3 is 2.62 bits per heavy atom. The van der Waals surface area contributed by atoms with Crippen LogP contribution < -0.4 is 0 Å². The summed E-state index contributed by atoms with van der Waals surface area (Å²) < 4.78 is 20.8. The molecule has 0 radical (unpaired) electrons. The number of carbonyl (C=O) groups is 2. The van der Waals surface area contributed by atoms with Crippen molar-refractivity contribution in [2.24, 2.45) is 5.41 Å². The van der Waals surface area contributed by atoms with E-state index in [1.54, 1.807) is 37.8 Å². The lowest BCUT2D eigenvalue weighted by atomic mass is 9.83. The predicted octanol–water partition coefficient (Wildman–Crippen LogP) is 5.02. The number of rotatable bonds is 13. The van der Waals surface area contributed by atoms with Crippen LogP contribution in [-0.2, 0) is 28.5 Å². The minimum Gasteiger partial charge on any atom is -0.464 e. The third-order valence-corrected chi connectivity index (χ3v) is 7.53. The number of aromatic nitrogens is 1. The van der Waals surface area contributed by atoms with Crippen molar-refractivity contribution >= 4 is 49.5 Å². The quantitative estimate of drug-likeness (QED) is 0.145. The average Bonchev–Trinajstić information content (AvgIpc) is 2.77. The molecule has 0 bridgehead atoms. The van der Waals surface area contributed by atoms with E-state index in [9.17, 15) is 9.59 Å². The maximum Gasteiger partial charge on any atom is 0.322 e. The van der Waals surface area contributed by atoms with Crippen LogP contribution in [0.5, 0.6) is 0 Å². The fourth-order valence-corrected chi connectivity index (χ4v) is 5.66. The summed E-state index contributed by atoms with van der Waals surface area (Å²) in [5, 5.41) is 0.911. The van der Waals surface area contributed by atoms with Crippen LogP contribution >= 0.6 is 37.5 Å². The van der Waals surface area contributed by atoms with Gasteiger partial charge in [-0.2, -0.15) is 0 Å². The van der Waals surface area contributed by atoms with E-state index < -0.39 is 15.7 Å². The van der Waals surface area contributed by atoms with Crippen molar-refractivity contribution in [3.63, 3.8) is 0 Å². The molecule has 0 aliphatic carbocycles. The summed E-state index contributed by atoms with van der Waals surface area (Å²) in [5.41, 5.74) is -0.859. The Balaban J connectivity index is 1.65. The van der Waals surface area contributed by atoms with Gasteiger partial charge in [0, 0.05) is 18.6 Å². The van der Waals surface area contributed by atoms with Gasteiger partial charge in [0.05, 0.1) is 12.0 Å². The summed E-state index contributed by atoms with van der Waals surface area (Å²) >= 11 is 3.44. The number of nitrogens with zero attached hydrogens (tertiary/aromatic N) is 1. The Morgan fingerprint density at radius 2 is 1.94 bits per heavy atom. The van der Waals surface area contributed by atoms with Crippen molar-refractivity contribution < 1.29 is 28.5 Å². The standard InChI is InChI=1S/C22H32BrNO6S2/c1-21(2,19(25)30-14-15-31-32-17-8-4-6-10-24-17)16-22(3,23)20(26)29-13-12-28-18-9-5-7-11-27-18/h4,6,8,10,18H,5,7,9,11-16H2,1-3H3. The maximum atomic E-state index is 12.6. The minimum atomic E-state index is -1.01. The van der Waals surface area contributed by atoms with Gasteiger partial charge in [0.2, 0.25) is 0 Å². The fourth-order valence-electron chi connectivity index (χ4n) is 3.14. The van der Waals surface area contributed by atoms with E-state index in [2.05, 4.69) is 20.9 Å². The van der Waals surface area contributed by atoms with E-state index in [0.29, 0.717) is 12.4 Å². The lowest BCUT2D eigenvalue weighted by molar-refractivity contribution is -0.174. The van der Waals surface area contributed by atoms with Crippen LogP contribution in [0.25, 0.3) is 0 Å². The van der Waals surface area contributed by atoms with Crippen LogP contribution in [0.3, 0.4) is 0 Å². The van der Waals surface area contributed by atoms with Crippen molar-refractivity contribution in [2.75, 3.05) is 32.2 Å². The number of ether oxygens (including phenoxy) is 4. The molecule has 2 unspecified atom stereocenters. The molecule has 2 rings (SSSR count). The zero-order chi connectivity index (χ0) is 23.5. The average molecular weight is 551 g/mol. The van der Waals surface area contributed by atoms with Gasteiger partial charge >= 0.3 is 11.9 Å². The van der Waals surface area contributed by atoms with Crippen LogP contribution in [0.4, 0.5) is 0 Å². The molecule has 7 nitrogen and oxygen atoms in total. The molecule has 2 heterocycles. The normalized spacial score (nSPS) is 18.6. The summed E-state index contributed by atoms with van der Waals surface area (Å²) in [6.07, 6.45) is 4.76. The highest BCUT2D eigenvalue weighted by Gasteiger charge is 2.42. The first-order valence-corrected chi connectivity index (χ1v) is 13.8. The van der Waals surface area contributed by atoms with E-state index in [1.807, 2.05) is 18.2 Å². The molecule has 0 spiro atoms. The summed E-state index contributed by atoms with van der Waals surface area (Å²) in [7, 11) is 3.11. The molecular formula is C22H32BrNO6S2. The smallest absolute Gasteiger partial charge is 0.322 e. The van der Waals surface area contributed by atoms with Crippen LogP contribution in [0.2, 0.25) is 0 Å². The molecule has 1 aliphatic heterocycles. The molecule has 0 saturated carbocycles. The molecule has 0 aromatic carbocycles. The van der Waals surface area contributed by atoms with E-state index in [0.717, 1.165) is 24.3 Å². The van der Waals surface area contributed by atoms with Crippen LogP contribution in [0, 0.1) is 5.41 Å².